The number of esters is 1. The van der Waals surface area contributed by atoms with Crippen LogP contribution in [0.3, 0.4) is 0 Å². The van der Waals surface area contributed by atoms with Crippen molar-refractivity contribution < 1.29 is 23.1 Å². The minimum atomic E-state index is -1.08. The SMILES string of the molecule is O=C(COC(=O)c1cc(F)ccc1F)NCCc1ccccc1. The lowest BCUT2D eigenvalue weighted by atomic mass is 10.1. The fourth-order valence-corrected chi connectivity index (χ4v) is 1.90. The second-order valence-corrected chi connectivity index (χ2v) is 4.79. The topological polar surface area (TPSA) is 55.4 Å². The summed E-state index contributed by atoms with van der Waals surface area (Å²) in [4.78, 5) is 23.2. The Hall–Kier alpha value is -2.76. The molecule has 0 heterocycles. The van der Waals surface area contributed by atoms with Gasteiger partial charge in [-0.1, -0.05) is 30.3 Å². The lowest BCUT2D eigenvalue weighted by Gasteiger charge is -2.07. The highest BCUT2D eigenvalue weighted by Gasteiger charge is 2.15. The Kier molecular flexibility index (Phi) is 5.80. The molecule has 120 valence electrons. The van der Waals surface area contributed by atoms with Gasteiger partial charge in [0, 0.05) is 6.54 Å². The van der Waals surface area contributed by atoms with Gasteiger partial charge in [0.2, 0.25) is 0 Å². The zero-order valence-corrected chi connectivity index (χ0v) is 12.2. The summed E-state index contributed by atoms with van der Waals surface area (Å²) < 4.78 is 31.0. The Balaban J connectivity index is 1.75. The number of halogens is 2. The highest BCUT2D eigenvalue weighted by atomic mass is 19.1. The minimum Gasteiger partial charge on any atom is -0.452 e. The van der Waals surface area contributed by atoms with E-state index in [1.165, 1.54) is 0 Å². The van der Waals surface area contributed by atoms with Gasteiger partial charge in [-0.05, 0) is 30.2 Å². The molecule has 0 bridgehead atoms. The van der Waals surface area contributed by atoms with Gasteiger partial charge in [-0.25, -0.2) is 13.6 Å². The van der Waals surface area contributed by atoms with Gasteiger partial charge in [-0.15, -0.1) is 0 Å². The number of hydrogen-bond donors (Lipinski definition) is 1. The number of hydrogen-bond acceptors (Lipinski definition) is 3. The average Bonchev–Trinajstić information content (AvgIpc) is 2.56. The van der Waals surface area contributed by atoms with Gasteiger partial charge in [0.1, 0.15) is 11.6 Å². The predicted octanol–water partition coefficient (Wildman–Crippen LogP) is 2.48. The zero-order chi connectivity index (χ0) is 16.7. The molecule has 0 aliphatic rings. The van der Waals surface area contributed by atoms with Crippen LogP contribution in [0, 0.1) is 11.6 Å². The van der Waals surface area contributed by atoms with Gasteiger partial charge in [-0.3, -0.25) is 4.79 Å². The second kappa shape index (κ2) is 8.03. The largest absolute Gasteiger partial charge is 0.452 e. The van der Waals surface area contributed by atoms with Crippen LogP contribution in [0.2, 0.25) is 0 Å². The van der Waals surface area contributed by atoms with Crippen molar-refractivity contribution >= 4 is 11.9 Å². The van der Waals surface area contributed by atoms with Crippen LogP contribution >= 0.6 is 0 Å². The summed E-state index contributed by atoms with van der Waals surface area (Å²) in [7, 11) is 0. The molecule has 0 aliphatic heterocycles. The average molecular weight is 319 g/mol. The van der Waals surface area contributed by atoms with Gasteiger partial charge in [-0.2, -0.15) is 0 Å². The smallest absolute Gasteiger partial charge is 0.341 e. The van der Waals surface area contributed by atoms with Crippen LogP contribution in [0.15, 0.2) is 48.5 Å². The maximum atomic E-state index is 13.4. The predicted molar refractivity (Wildman–Crippen MR) is 79.8 cm³/mol. The molecule has 1 amide bonds. The van der Waals surface area contributed by atoms with Gasteiger partial charge < -0.3 is 10.1 Å². The van der Waals surface area contributed by atoms with E-state index in [-0.39, 0.29) is 0 Å². The van der Waals surface area contributed by atoms with E-state index in [4.69, 9.17) is 0 Å². The second-order valence-electron chi connectivity index (χ2n) is 4.79. The van der Waals surface area contributed by atoms with Gasteiger partial charge in [0.25, 0.3) is 5.91 Å². The van der Waals surface area contributed by atoms with Crippen LogP contribution in [-0.4, -0.2) is 25.0 Å². The van der Waals surface area contributed by atoms with Crippen molar-refractivity contribution in [2.24, 2.45) is 0 Å². The van der Waals surface area contributed by atoms with Crippen molar-refractivity contribution in [1.82, 2.24) is 5.32 Å². The summed E-state index contributed by atoms with van der Waals surface area (Å²) in [5.74, 6) is -3.25. The fourth-order valence-electron chi connectivity index (χ4n) is 1.90. The first-order valence-electron chi connectivity index (χ1n) is 6.99. The number of carbonyl (C=O) groups excluding carboxylic acids is 2. The molecule has 0 saturated heterocycles. The highest BCUT2D eigenvalue weighted by molar-refractivity contribution is 5.91. The van der Waals surface area contributed by atoms with Crippen LogP contribution in [0.5, 0.6) is 0 Å². The number of rotatable bonds is 6. The van der Waals surface area contributed by atoms with E-state index in [0.717, 1.165) is 23.8 Å². The van der Waals surface area contributed by atoms with E-state index in [0.29, 0.717) is 13.0 Å². The van der Waals surface area contributed by atoms with Crippen LogP contribution in [0.25, 0.3) is 0 Å². The number of ether oxygens (including phenoxy) is 1. The number of benzene rings is 2. The molecule has 0 unspecified atom stereocenters. The van der Waals surface area contributed by atoms with Crippen molar-refractivity contribution in [3.63, 3.8) is 0 Å². The maximum Gasteiger partial charge on any atom is 0.341 e. The molecular weight excluding hydrogens is 304 g/mol. The van der Waals surface area contributed by atoms with Crippen molar-refractivity contribution in [3.05, 3.63) is 71.3 Å². The summed E-state index contributed by atoms with van der Waals surface area (Å²) in [5.41, 5.74) is 0.522. The normalized spacial score (nSPS) is 10.2. The number of carbonyl (C=O) groups is 2. The van der Waals surface area contributed by atoms with Crippen LogP contribution < -0.4 is 5.32 Å². The monoisotopic (exact) mass is 319 g/mol. The number of amides is 1. The van der Waals surface area contributed by atoms with Gasteiger partial charge in [0.05, 0.1) is 5.56 Å². The van der Waals surface area contributed by atoms with E-state index < -0.39 is 35.7 Å². The minimum absolute atomic E-state index is 0.384. The molecule has 2 aromatic rings. The molecule has 2 rings (SSSR count). The Labute approximate surface area is 132 Å². The first kappa shape index (κ1) is 16.6. The third-order valence-corrected chi connectivity index (χ3v) is 3.06. The summed E-state index contributed by atoms with van der Waals surface area (Å²) >= 11 is 0. The standard InChI is InChI=1S/C17H15F2NO3/c18-13-6-7-15(19)14(10-13)17(22)23-11-16(21)20-9-8-12-4-2-1-3-5-12/h1-7,10H,8-9,11H2,(H,20,21). The maximum absolute atomic E-state index is 13.4. The molecule has 0 atom stereocenters. The van der Waals surface area contributed by atoms with Gasteiger partial charge >= 0.3 is 5.97 Å². The third-order valence-electron chi connectivity index (χ3n) is 3.06. The first-order chi connectivity index (χ1) is 11.1. The van der Waals surface area contributed by atoms with E-state index in [9.17, 15) is 18.4 Å². The van der Waals surface area contributed by atoms with Crippen LogP contribution in [0.4, 0.5) is 8.78 Å². The molecule has 0 spiro atoms. The fraction of sp³-hybridized carbons (Fsp3) is 0.176. The van der Waals surface area contributed by atoms with Crippen molar-refractivity contribution in [2.75, 3.05) is 13.2 Å². The molecular formula is C17H15F2NO3. The van der Waals surface area contributed by atoms with E-state index in [2.05, 4.69) is 10.1 Å². The van der Waals surface area contributed by atoms with Crippen molar-refractivity contribution in [3.8, 4) is 0 Å². The molecule has 6 heteroatoms. The Morgan fingerprint density at radius 3 is 2.52 bits per heavy atom. The number of nitrogens with one attached hydrogen (secondary N) is 1. The molecule has 1 N–H and O–H groups in total. The quantitative estimate of drug-likeness (QED) is 0.832. The van der Waals surface area contributed by atoms with Crippen molar-refractivity contribution in [2.45, 2.75) is 6.42 Å². The Bertz CT molecular complexity index is 689. The van der Waals surface area contributed by atoms with E-state index in [1.807, 2.05) is 30.3 Å². The van der Waals surface area contributed by atoms with Crippen LogP contribution in [-0.2, 0) is 16.0 Å². The molecule has 0 aromatic heterocycles. The molecule has 23 heavy (non-hydrogen) atoms. The van der Waals surface area contributed by atoms with Crippen LogP contribution in [0.1, 0.15) is 15.9 Å². The summed E-state index contributed by atoms with van der Waals surface area (Å²) in [6.07, 6.45) is 0.638. The summed E-state index contributed by atoms with van der Waals surface area (Å²) in [6.45, 7) is -0.168. The molecule has 0 aliphatic carbocycles. The summed E-state index contributed by atoms with van der Waals surface area (Å²) in [5, 5.41) is 2.58. The third kappa shape index (κ3) is 5.18. The molecule has 0 saturated carbocycles. The lowest BCUT2D eigenvalue weighted by molar-refractivity contribution is -0.124. The van der Waals surface area contributed by atoms with Crippen molar-refractivity contribution in [1.29, 1.82) is 0 Å². The molecule has 0 radical (unpaired) electrons. The highest BCUT2D eigenvalue weighted by Crippen LogP contribution is 2.10. The molecule has 0 fully saturated rings. The zero-order valence-electron chi connectivity index (χ0n) is 12.2. The molecule has 2 aromatic carbocycles. The Morgan fingerprint density at radius 2 is 1.78 bits per heavy atom. The molecule has 4 nitrogen and oxygen atoms in total. The van der Waals surface area contributed by atoms with E-state index >= 15 is 0 Å². The lowest BCUT2D eigenvalue weighted by Crippen LogP contribution is -2.30. The Morgan fingerprint density at radius 1 is 1.04 bits per heavy atom. The summed E-state index contributed by atoms with van der Waals surface area (Å²) in [6, 6.07) is 12.0. The first-order valence-corrected chi connectivity index (χ1v) is 6.99. The van der Waals surface area contributed by atoms with E-state index in [1.54, 1.807) is 0 Å². The van der Waals surface area contributed by atoms with Gasteiger partial charge in [0.15, 0.2) is 6.61 Å².